The Morgan fingerprint density at radius 3 is 2.60 bits per heavy atom. The van der Waals surface area contributed by atoms with Crippen molar-refractivity contribution >= 4 is 29.9 Å². The first-order valence-corrected chi connectivity index (χ1v) is 10.7. The van der Waals surface area contributed by atoms with Crippen LogP contribution < -0.4 is 10.6 Å². The molecule has 162 valence electrons. The Bertz CT molecular complexity index is 823. The number of nitrogens with one attached hydrogen (secondary N) is 2. The van der Waals surface area contributed by atoms with E-state index >= 15 is 0 Å². The van der Waals surface area contributed by atoms with Crippen molar-refractivity contribution in [2.45, 2.75) is 50.7 Å². The first-order valence-electron chi connectivity index (χ1n) is 10.7. The molecule has 1 aromatic carbocycles. The molecule has 2 aromatic rings. The van der Waals surface area contributed by atoms with Crippen LogP contribution in [-0.4, -0.2) is 47.6 Å². The highest BCUT2D eigenvalue weighted by Crippen LogP contribution is 2.41. The highest BCUT2D eigenvalue weighted by Gasteiger charge is 2.40. The van der Waals surface area contributed by atoms with E-state index in [2.05, 4.69) is 31.6 Å². The van der Waals surface area contributed by atoms with Gasteiger partial charge in [-0.15, -0.1) is 24.0 Å². The van der Waals surface area contributed by atoms with E-state index in [1.165, 1.54) is 0 Å². The number of rotatable bonds is 6. The molecule has 1 aliphatic carbocycles. The Labute approximate surface area is 195 Å². The number of nitrogens with zero attached hydrogens (tertiary/aromatic N) is 3. The fraction of sp³-hybridized carbons (Fsp3) is 0.478. The number of pyridine rings is 1. The van der Waals surface area contributed by atoms with Crippen molar-refractivity contribution in [2.75, 3.05) is 19.6 Å². The van der Waals surface area contributed by atoms with Gasteiger partial charge in [-0.05, 0) is 49.9 Å². The summed E-state index contributed by atoms with van der Waals surface area (Å²) in [6, 6.07) is 13.8. The van der Waals surface area contributed by atoms with Gasteiger partial charge >= 0.3 is 0 Å². The largest absolute Gasteiger partial charge is 0.354 e. The summed E-state index contributed by atoms with van der Waals surface area (Å²) in [6.07, 6.45) is 4.97. The molecule has 1 aliphatic heterocycles. The van der Waals surface area contributed by atoms with Crippen molar-refractivity contribution in [2.24, 2.45) is 4.99 Å². The minimum absolute atomic E-state index is 0. The summed E-state index contributed by atoms with van der Waals surface area (Å²) in [4.78, 5) is 11.5. The fourth-order valence-corrected chi connectivity index (χ4v) is 4.09. The van der Waals surface area contributed by atoms with Crippen LogP contribution in [0.1, 0.15) is 43.4 Å². The molecule has 1 saturated heterocycles. The highest BCUT2D eigenvalue weighted by molar-refractivity contribution is 14.0. The Morgan fingerprint density at radius 1 is 1.13 bits per heavy atom. The van der Waals surface area contributed by atoms with Gasteiger partial charge in [0.05, 0.1) is 5.69 Å². The van der Waals surface area contributed by atoms with E-state index in [0.29, 0.717) is 6.04 Å². The monoisotopic (exact) mass is 523 g/mol. The summed E-state index contributed by atoms with van der Waals surface area (Å²) < 4.78 is 14.0. The van der Waals surface area contributed by atoms with Crippen LogP contribution in [0.15, 0.2) is 53.7 Å². The second-order valence-electron chi connectivity index (χ2n) is 7.95. The van der Waals surface area contributed by atoms with Gasteiger partial charge in [-0.2, -0.15) is 0 Å². The fourth-order valence-electron chi connectivity index (χ4n) is 4.09. The minimum Gasteiger partial charge on any atom is -0.354 e. The summed E-state index contributed by atoms with van der Waals surface area (Å²) in [5.74, 6) is 0.990. The molecule has 2 heterocycles. The second kappa shape index (κ2) is 11.0. The first kappa shape index (κ1) is 22.9. The van der Waals surface area contributed by atoms with Crippen molar-refractivity contribution < 1.29 is 4.39 Å². The number of halogens is 2. The van der Waals surface area contributed by atoms with Gasteiger partial charge in [-0.25, -0.2) is 4.39 Å². The van der Waals surface area contributed by atoms with Crippen molar-refractivity contribution in [3.8, 4) is 0 Å². The average Bonchev–Trinajstić information content (AvgIpc) is 3.49. The number of aliphatic imine (C=N–C) groups is 1. The van der Waals surface area contributed by atoms with Gasteiger partial charge in [0.2, 0.25) is 0 Å². The molecule has 2 aliphatic rings. The summed E-state index contributed by atoms with van der Waals surface area (Å²) in [5.41, 5.74) is 1.94. The Morgan fingerprint density at radius 2 is 1.90 bits per heavy atom. The van der Waals surface area contributed by atoms with Crippen molar-refractivity contribution in [3.05, 3.63) is 65.7 Å². The lowest BCUT2D eigenvalue weighted by Gasteiger charge is -2.33. The predicted octanol–water partition coefficient (Wildman–Crippen LogP) is 3.91. The molecule has 0 radical (unpaired) electrons. The molecule has 2 unspecified atom stereocenters. The average molecular weight is 523 g/mol. The van der Waals surface area contributed by atoms with Crippen LogP contribution in [0.4, 0.5) is 4.39 Å². The molecule has 2 N–H and O–H groups in total. The molecule has 0 bridgehead atoms. The lowest BCUT2D eigenvalue weighted by molar-refractivity contribution is 0.196. The molecule has 5 nitrogen and oxygen atoms in total. The third-order valence-corrected chi connectivity index (χ3v) is 5.77. The smallest absolute Gasteiger partial charge is 0.191 e. The van der Waals surface area contributed by atoms with E-state index in [4.69, 9.17) is 0 Å². The summed E-state index contributed by atoms with van der Waals surface area (Å²) >= 11 is 0. The molecule has 7 heteroatoms. The molecular formula is C23H31FIN5. The lowest BCUT2D eigenvalue weighted by atomic mass is 10.0. The van der Waals surface area contributed by atoms with Crippen LogP contribution in [0.2, 0.25) is 0 Å². The molecule has 0 amide bonds. The predicted molar refractivity (Wildman–Crippen MR) is 130 cm³/mol. The van der Waals surface area contributed by atoms with E-state index in [9.17, 15) is 4.39 Å². The molecule has 30 heavy (non-hydrogen) atoms. The van der Waals surface area contributed by atoms with E-state index in [0.717, 1.165) is 62.7 Å². The number of aromatic nitrogens is 1. The number of benzene rings is 1. The maximum absolute atomic E-state index is 14.0. The number of hydrogen-bond donors (Lipinski definition) is 2. The summed E-state index contributed by atoms with van der Waals surface area (Å²) in [5, 5.41) is 7.12. The van der Waals surface area contributed by atoms with Crippen LogP contribution in [0.25, 0.3) is 0 Å². The second-order valence-corrected chi connectivity index (χ2v) is 7.95. The van der Waals surface area contributed by atoms with E-state index in [1.807, 2.05) is 37.4 Å². The van der Waals surface area contributed by atoms with Crippen LogP contribution >= 0.6 is 24.0 Å². The van der Waals surface area contributed by atoms with Gasteiger partial charge in [0.1, 0.15) is 5.82 Å². The molecule has 1 aromatic heterocycles. The van der Waals surface area contributed by atoms with E-state index in [-0.39, 0.29) is 41.8 Å². The standard InChI is InChI=1S/C23H30FN5.HI/c1-2-25-23(28-22-15-20(22)19-8-3-4-9-21(19)24)27-17-10-13-29(14-11-17)16-18-7-5-6-12-26-18;/h3-9,12,17,20,22H,2,10-11,13-16H2,1H3,(H2,25,27,28);1H. The van der Waals surface area contributed by atoms with Gasteiger partial charge in [-0.3, -0.25) is 14.9 Å². The third kappa shape index (κ3) is 6.14. The van der Waals surface area contributed by atoms with E-state index in [1.54, 1.807) is 12.1 Å². The third-order valence-electron chi connectivity index (χ3n) is 5.77. The van der Waals surface area contributed by atoms with Crippen molar-refractivity contribution in [1.82, 2.24) is 20.5 Å². The van der Waals surface area contributed by atoms with Crippen LogP contribution in [0.3, 0.4) is 0 Å². The van der Waals surface area contributed by atoms with Gasteiger partial charge in [-0.1, -0.05) is 24.3 Å². The van der Waals surface area contributed by atoms with Gasteiger partial charge in [0, 0.05) is 50.4 Å². The number of hydrogen-bond acceptors (Lipinski definition) is 3. The van der Waals surface area contributed by atoms with Gasteiger partial charge < -0.3 is 10.6 Å². The molecule has 1 saturated carbocycles. The van der Waals surface area contributed by atoms with Gasteiger partial charge in [0.15, 0.2) is 5.96 Å². The van der Waals surface area contributed by atoms with Crippen LogP contribution in [0, 0.1) is 5.82 Å². The van der Waals surface area contributed by atoms with Crippen LogP contribution in [0.5, 0.6) is 0 Å². The normalized spacial score (nSPS) is 22.3. The molecular weight excluding hydrogens is 492 g/mol. The summed E-state index contributed by atoms with van der Waals surface area (Å²) in [6.45, 7) is 5.78. The van der Waals surface area contributed by atoms with Crippen molar-refractivity contribution in [3.63, 3.8) is 0 Å². The Hall–Kier alpha value is -1.74. The lowest BCUT2D eigenvalue weighted by Crippen LogP contribution is -2.49. The molecule has 0 spiro atoms. The topological polar surface area (TPSA) is 52.6 Å². The Balaban J connectivity index is 0.00000256. The zero-order chi connectivity index (χ0) is 20.1. The van der Waals surface area contributed by atoms with Crippen molar-refractivity contribution in [1.29, 1.82) is 0 Å². The maximum atomic E-state index is 14.0. The SMILES string of the molecule is CCN=C(NC1CCN(Cc2ccccn2)CC1)NC1CC1c1ccccc1F.I. The zero-order valence-corrected chi connectivity index (χ0v) is 19.8. The quantitative estimate of drug-likeness (QED) is 0.343. The van der Waals surface area contributed by atoms with Crippen LogP contribution in [-0.2, 0) is 6.54 Å². The number of likely N-dealkylation sites (tertiary alicyclic amines) is 1. The van der Waals surface area contributed by atoms with E-state index < -0.39 is 0 Å². The number of guanidine groups is 1. The molecule has 4 rings (SSSR count). The maximum Gasteiger partial charge on any atom is 0.191 e. The molecule has 2 fully saturated rings. The molecule has 2 atom stereocenters. The van der Waals surface area contributed by atoms with Gasteiger partial charge in [0.25, 0.3) is 0 Å². The number of piperidine rings is 1. The highest BCUT2D eigenvalue weighted by atomic mass is 127. The first-order chi connectivity index (χ1) is 14.2. The Kier molecular flexibility index (Phi) is 8.44. The minimum atomic E-state index is -0.107. The summed E-state index contributed by atoms with van der Waals surface area (Å²) in [7, 11) is 0. The zero-order valence-electron chi connectivity index (χ0n) is 17.4.